The Morgan fingerprint density at radius 2 is 1.46 bits per heavy atom. The van der Waals surface area contributed by atoms with Crippen LogP contribution in [-0.4, -0.2) is 39.7 Å². The second-order valence-electron chi connectivity index (χ2n) is 5.04. The smallest absolute Gasteiger partial charge is 0.338 e. The molecule has 0 unspecified atom stereocenters. The standard InChI is InChI=1S/C18H16Cl2O6/c1-23-15-5-4-10(8-16(15)24-2)14(21)9-26-18(22)11-6-12(19)17(25-3)13(20)7-11/h4-8H,9H2,1-3H3. The van der Waals surface area contributed by atoms with E-state index in [0.717, 1.165) is 0 Å². The molecule has 0 saturated heterocycles. The van der Waals surface area contributed by atoms with E-state index in [-0.39, 0.29) is 21.4 Å². The van der Waals surface area contributed by atoms with Crippen LogP contribution in [0.5, 0.6) is 17.2 Å². The summed E-state index contributed by atoms with van der Waals surface area (Å²) < 4.78 is 20.3. The van der Waals surface area contributed by atoms with Gasteiger partial charge in [-0.05, 0) is 30.3 Å². The second kappa shape index (κ2) is 8.78. The van der Waals surface area contributed by atoms with Crippen molar-refractivity contribution < 1.29 is 28.5 Å². The van der Waals surface area contributed by atoms with E-state index in [0.29, 0.717) is 17.1 Å². The quantitative estimate of drug-likeness (QED) is 0.517. The highest BCUT2D eigenvalue weighted by molar-refractivity contribution is 6.37. The average Bonchev–Trinajstić information content (AvgIpc) is 2.64. The molecule has 2 aromatic carbocycles. The van der Waals surface area contributed by atoms with Gasteiger partial charge in [-0.2, -0.15) is 0 Å². The highest BCUT2D eigenvalue weighted by Crippen LogP contribution is 2.34. The molecule has 0 aliphatic rings. The van der Waals surface area contributed by atoms with Crippen molar-refractivity contribution in [2.45, 2.75) is 0 Å². The Kier molecular flexibility index (Phi) is 6.71. The van der Waals surface area contributed by atoms with Crippen LogP contribution in [0.15, 0.2) is 30.3 Å². The third kappa shape index (κ3) is 4.39. The Bertz CT molecular complexity index is 811. The largest absolute Gasteiger partial charge is 0.494 e. The molecule has 0 heterocycles. The van der Waals surface area contributed by atoms with Gasteiger partial charge < -0.3 is 18.9 Å². The van der Waals surface area contributed by atoms with Crippen LogP contribution in [0.4, 0.5) is 0 Å². The molecule has 0 saturated carbocycles. The number of ketones is 1. The van der Waals surface area contributed by atoms with E-state index in [2.05, 4.69) is 0 Å². The topological polar surface area (TPSA) is 71.1 Å². The fraction of sp³-hybridized carbons (Fsp3) is 0.222. The number of Topliss-reactive ketones (excluding diaryl/α,β-unsaturated/α-hetero) is 1. The first-order chi connectivity index (χ1) is 12.4. The minimum atomic E-state index is -0.731. The summed E-state index contributed by atoms with van der Waals surface area (Å²) in [5, 5.41) is 0.330. The average molecular weight is 399 g/mol. The fourth-order valence-corrected chi connectivity index (χ4v) is 2.82. The van der Waals surface area contributed by atoms with Crippen LogP contribution in [0.3, 0.4) is 0 Å². The van der Waals surface area contributed by atoms with Crippen molar-refractivity contribution in [3.8, 4) is 17.2 Å². The Labute approximate surface area is 160 Å². The van der Waals surface area contributed by atoms with E-state index in [1.165, 1.54) is 39.5 Å². The van der Waals surface area contributed by atoms with E-state index >= 15 is 0 Å². The zero-order chi connectivity index (χ0) is 19.3. The maximum absolute atomic E-state index is 12.2. The van der Waals surface area contributed by atoms with Crippen LogP contribution in [-0.2, 0) is 4.74 Å². The molecule has 0 spiro atoms. The van der Waals surface area contributed by atoms with Gasteiger partial charge in [0, 0.05) is 5.56 Å². The summed E-state index contributed by atoms with van der Waals surface area (Å²) in [7, 11) is 4.36. The molecule has 26 heavy (non-hydrogen) atoms. The van der Waals surface area contributed by atoms with Gasteiger partial charge in [0.05, 0.1) is 36.9 Å². The van der Waals surface area contributed by atoms with Gasteiger partial charge in [0.25, 0.3) is 0 Å². The van der Waals surface area contributed by atoms with Crippen molar-refractivity contribution in [3.63, 3.8) is 0 Å². The minimum Gasteiger partial charge on any atom is -0.494 e. The molecule has 8 heteroatoms. The summed E-state index contributed by atoms with van der Waals surface area (Å²) in [4.78, 5) is 24.4. The number of hydrogen-bond acceptors (Lipinski definition) is 6. The first kappa shape index (κ1) is 19.9. The molecule has 6 nitrogen and oxygen atoms in total. The summed E-state index contributed by atoms with van der Waals surface area (Å²) in [6.07, 6.45) is 0. The molecule has 0 bridgehead atoms. The van der Waals surface area contributed by atoms with E-state index in [4.69, 9.17) is 42.1 Å². The molecular weight excluding hydrogens is 383 g/mol. The number of carbonyl (C=O) groups is 2. The van der Waals surface area contributed by atoms with E-state index in [1.54, 1.807) is 12.1 Å². The Morgan fingerprint density at radius 1 is 0.846 bits per heavy atom. The minimum absolute atomic E-state index is 0.112. The van der Waals surface area contributed by atoms with Gasteiger partial charge in [-0.1, -0.05) is 23.2 Å². The predicted octanol–water partition coefficient (Wildman–Crippen LogP) is 4.06. The number of hydrogen-bond donors (Lipinski definition) is 0. The summed E-state index contributed by atoms with van der Waals surface area (Å²) in [5.41, 5.74) is 0.433. The maximum atomic E-state index is 12.2. The highest BCUT2D eigenvalue weighted by atomic mass is 35.5. The summed E-state index contributed by atoms with van der Waals surface area (Å²) >= 11 is 12.0. The van der Waals surface area contributed by atoms with Gasteiger partial charge in [-0.25, -0.2) is 4.79 Å². The number of ether oxygens (including phenoxy) is 4. The number of carbonyl (C=O) groups excluding carboxylic acids is 2. The molecule has 0 N–H and O–H groups in total. The van der Waals surface area contributed by atoms with Crippen LogP contribution in [0.1, 0.15) is 20.7 Å². The number of benzene rings is 2. The molecule has 0 aliphatic carbocycles. The lowest BCUT2D eigenvalue weighted by Crippen LogP contribution is -2.14. The normalized spacial score (nSPS) is 10.2. The van der Waals surface area contributed by atoms with Crippen molar-refractivity contribution in [1.82, 2.24) is 0 Å². The molecule has 0 aromatic heterocycles. The number of rotatable bonds is 7. The van der Waals surface area contributed by atoms with Gasteiger partial charge >= 0.3 is 5.97 Å². The monoisotopic (exact) mass is 398 g/mol. The first-order valence-electron chi connectivity index (χ1n) is 7.36. The van der Waals surface area contributed by atoms with Crippen LogP contribution in [0.2, 0.25) is 10.0 Å². The third-order valence-corrected chi connectivity index (χ3v) is 4.04. The highest BCUT2D eigenvalue weighted by Gasteiger charge is 2.17. The van der Waals surface area contributed by atoms with Crippen LogP contribution in [0.25, 0.3) is 0 Å². The molecule has 0 fully saturated rings. The van der Waals surface area contributed by atoms with Gasteiger partial charge in [0.15, 0.2) is 29.6 Å². The summed E-state index contributed by atoms with van der Waals surface area (Å²) in [6, 6.07) is 7.37. The molecule has 0 radical (unpaired) electrons. The fourth-order valence-electron chi connectivity index (χ4n) is 2.18. The van der Waals surface area contributed by atoms with Gasteiger partial charge in [0.2, 0.25) is 0 Å². The SMILES string of the molecule is COc1ccc(C(=O)COC(=O)c2cc(Cl)c(OC)c(Cl)c2)cc1OC. The molecule has 0 amide bonds. The number of halogens is 2. The first-order valence-corrected chi connectivity index (χ1v) is 8.12. The Hall–Kier alpha value is -2.44. The van der Waals surface area contributed by atoms with Crippen molar-refractivity contribution in [2.24, 2.45) is 0 Å². The number of methoxy groups -OCH3 is 3. The predicted molar refractivity (Wildman–Crippen MR) is 97.2 cm³/mol. The lowest BCUT2D eigenvalue weighted by atomic mass is 10.1. The lowest BCUT2D eigenvalue weighted by Gasteiger charge is -2.10. The zero-order valence-corrected chi connectivity index (χ0v) is 15.8. The van der Waals surface area contributed by atoms with Gasteiger partial charge in [-0.3, -0.25) is 4.79 Å². The van der Waals surface area contributed by atoms with Crippen molar-refractivity contribution in [2.75, 3.05) is 27.9 Å². The molecule has 0 aliphatic heterocycles. The lowest BCUT2D eigenvalue weighted by molar-refractivity contribution is 0.0474. The van der Waals surface area contributed by atoms with Crippen molar-refractivity contribution in [1.29, 1.82) is 0 Å². The second-order valence-corrected chi connectivity index (χ2v) is 5.86. The molecule has 0 atom stereocenters. The molecule has 2 rings (SSSR count). The zero-order valence-electron chi connectivity index (χ0n) is 14.3. The Balaban J connectivity index is 2.09. The number of esters is 1. The van der Waals surface area contributed by atoms with E-state index in [1.807, 2.05) is 0 Å². The van der Waals surface area contributed by atoms with Crippen LogP contribution < -0.4 is 14.2 Å². The molecule has 138 valence electrons. The summed E-state index contributed by atoms with van der Waals surface area (Å²) in [5.74, 6) is 0.0172. The van der Waals surface area contributed by atoms with Crippen LogP contribution in [0, 0.1) is 0 Å². The van der Waals surface area contributed by atoms with Crippen LogP contribution >= 0.6 is 23.2 Å². The van der Waals surface area contributed by atoms with E-state index < -0.39 is 18.4 Å². The molecule has 2 aromatic rings. The maximum Gasteiger partial charge on any atom is 0.338 e. The van der Waals surface area contributed by atoms with E-state index in [9.17, 15) is 9.59 Å². The molecular formula is C18H16Cl2O6. The third-order valence-electron chi connectivity index (χ3n) is 3.48. The van der Waals surface area contributed by atoms with Crippen molar-refractivity contribution in [3.05, 3.63) is 51.5 Å². The van der Waals surface area contributed by atoms with Gasteiger partial charge in [-0.15, -0.1) is 0 Å². The van der Waals surface area contributed by atoms with Crippen molar-refractivity contribution >= 4 is 35.0 Å². The summed E-state index contributed by atoms with van der Waals surface area (Å²) in [6.45, 7) is -0.449. The van der Waals surface area contributed by atoms with Gasteiger partial charge in [0.1, 0.15) is 0 Å². The Morgan fingerprint density at radius 3 is 2.00 bits per heavy atom.